The van der Waals surface area contributed by atoms with E-state index >= 15 is 0 Å². The highest BCUT2D eigenvalue weighted by atomic mass is 32.2. The average molecular weight is 265 g/mol. The van der Waals surface area contributed by atoms with Crippen LogP contribution in [0, 0.1) is 0 Å². The molecule has 1 amide bonds. The summed E-state index contributed by atoms with van der Waals surface area (Å²) in [6.07, 6.45) is 0. The summed E-state index contributed by atoms with van der Waals surface area (Å²) < 4.78 is 24.8. The molecule has 0 aromatic carbocycles. The van der Waals surface area contributed by atoms with Crippen LogP contribution in [0.15, 0.2) is 0 Å². The molecule has 0 aliphatic carbocycles. The Bertz CT molecular complexity index is 385. The predicted molar refractivity (Wildman–Crippen MR) is 64.4 cm³/mol. The molecule has 1 rings (SSSR count). The molecule has 1 heterocycles. The average Bonchev–Trinajstić information content (AvgIpc) is 2.16. The van der Waals surface area contributed by atoms with Crippen LogP contribution < -0.4 is 5.73 Å². The Balaban J connectivity index is 2.60. The highest BCUT2D eigenvalue weighted by Gasteiger charge is 2.27. The van der Waals surface area contributed by atoms with E-state index in [0.29, 0.717) is 26.2 Å². The number of piperazine rings is 1. The van der Waals surface area contributed by atoms with E-state index in [2.05, 4.69) is 12.2 Å². The SMILES string of the molecule is CC(=O)N1CCN(S(=O)(=O)CC(N)=S)CC1. The Kier molecular flexibility index (Phi) is 4.22. The van der Waals surface area contributed by atoms with Gasteiger partial charge in [0, 0.05) is 33.1 Å². The normalized spacial score (nSPS) is 18.4. The first kappa shape index (κ1) is 13.3. The number of thiocarbonyl (C=S) groups is 1. The molecule has 0 radical (unpaired) electrons. The van der Waals surface area contributed by atoms with Gasteiger partial charge in [0.25, 0.3) is 0 Å². The van der Waals surface area contributed by atoms with Gasteiger partial charge in [0.15, 0.2) is 0 Å². The van der Waals surface area contributed by atoms with Gasteiger partial charge in [-0.2, -0.15) is 4.31 Å². The second-order valence-corrected chi connectivity index (χ2v) is 6.12. The smallest absolute Gasteiger partial charge is 0.220 e. The number of carbonyl (C=O) groups excluding carboxylic acids is 1. The van der Waals surface area contributed by atoms with Gasteiger partial charge in [-0.3, -0.25) is 4.79 Å². The van der Waals surface area contributed by atoms with Crippen molar-refractivity contribution >= 4 is 33.1 Å². The summed E-state index contributed by atoms with van der Waals surface area (Å²) in [6.45, 7) is 2.94. The van der Waals surface area contributed by atoms with Gasteiger partial charge in [0.2, 0.25) is 15.9 Å². The van der Waals surface area contributed by atoms with E-state index in [1.165, 1.54) is 11.2 Å². The molecule has 0 saturated carbocycles. The Morgan fingerprint density at radius 1 is 1.31 bits per heavy atom. The standard InChI is InChI=1S/C8H15N3O3S2/c1-7(12)10-2-4-11(5-3-10)16(13,14)6-8(9)15/h2-6H2,1H3,(H2,9,15). The Hall–Kier alpha value is -0.730. The van der Waals surface area contributed by atoms with Crippen LogP contribution in [-0.4, -0.2) is 60.5 Å². The topological polar surface area (TPSA) is 83.7 Å². The molecular weight excluding hydrogens is 250 g/mol. The zero-order valence-corrected chi connectivity index (χ0v) is 10.7. The highest BCUT2D eigenvalue weighted by molar-refractivity contribution is 7.92. The molecule has 0 unspecified atom stereocenters. The molecule has 1 fully saturated rings. The van der Waals surface area contributed by atoms with E-state index in [9.17, 15) is 13.2 Å². The molecule has 16 heavy (non-hydrogen) atoms. The summed E-state index contributed by atoms with van der Waals surface area (Å²) >= 11 is 4.59. The molecule has 92 valence electrons. The Labute approximate surface area is 100 Å². The van der Waals surface area contributed by atoms with E-state index in [4.69, 9.17) is 5.73 Å². The Morgan fingerprint density at radius 2 is 1.81 bits per heavy atom. The molecule has 0 bridgehead atoms. The van der Waals surface area contributed by atoms with E-state index in [-0.39, 0.29) is 16.6 Å². The lowest BCUT2D eigenvalue weighted by Gasteiger charge is -2.33. The number of nitrogens with two attached hydrogens (primary N) is 1. The van der Waals surface area contributed by atoms with Crippen molar-refractivity contribution in [2.45, 2.75) is 6.92 Å². The molecule has 6 nitrogen and oxygen atoms in total. The maximum absolute atomic E-state index is 11.7. The number of hydrogen-bond donors (Lipinski definition) is 1. The van der Waals surface area contributed by atoms with Crippen molar-refractivity contribution in [3.05, 3.63) is 0 Å². The lowest BCUT2D eigenvalue weighted by atomic mass is 10.3. The van der Waals surface area contributed by atoms with E-state index in [1.54, 1.807) is 4.90 Å². The first-order valence-electron chi connectivity index (χ1n) is 4.84. The molecule has 8 heteroatoms. The third-order valence-corrected chi connectivity index (χ3v) is 4.56. The van der Waals surface area contributed by atoms with Crippen molar-refractivity contribution in [3.63, 3.8) is 0 Å². The summed E-state index contributed by atoms with van der Waals surface area (Å²) in [5.41, 5.74) is 5.22. The second kappa shape index (κ2) is 5.07. The lowest BCUT2D eigenvalue weighted by molar-refractivity contribution is -0.129. The third kappa shape index (κ3) is 3.39. The van der Waals surface area contributed by atoms with Gasteiger partial charge in [-0.25, -0.2) is 8.42 Å². The number of carbonyl (C=O) groups is 1. The number of amides is 1. The molecule has 0 aromatic rings. The predicted octanol–water partition coefficient (Wildman–Crippen LogP) is -1.23. The molecule has 1 saturated heterocycles. The summed E-state index contributed by atoms with van der Waals surface area (Å²) in [6, 6.07) is 0. The van der Waals surface area contributed by atoms with Crippen LogP contribution in [0.25, 0.3) is 0 Å². The van der Waals surface area contributed by atoms with Crippen LogP contribution in [0.4, 0.5) is 0 Å². The first-order valence-corrected chi connectivity index (χ1v) is 6.86. The van der Waals surface area contributed by atoms with Gasteiger partial charge in [-0.15, -0.1) is 0 Å². The van der Waals surface area contributed by atoms with Crippen LogP contribution in [0.1, 0.15) is 6.92 Å². The number of hydrogen-bond acceptors (Lipinski definition) is 4. The summed E-state index contributed by atoms with van der Waals surface area (Å²) in [5.74, 6) is -0.339. The van der Waals surface area contributed by atoms with Gasteiger partial charge in [0.05, 0.1) is 4.99 Å². The molecule has 0 aromatic heterocycles. The molecule has 1 aliphatic rings. The zero-order chi connectivity index (χ0) is 12.3. The highest BCUT2D eigenvalue weighted by Crippen LogP contribution is 2.08. The van der Waals surface area contributed by atoms with Gasteiger partial charge in [0.1, 0.15) is 5.75 Å². The fourth-order valence-corrected chi connectivity index (χ4v) is 3.26. The largest absolute Gasteiger partial charge is 0.392 e. The van der Waals surface area contributed by atoms with Gasteiger partial charge < -0.3 is 10.6 Å². The van der Waals surface area contributed by atoms with Crippen molar-refractivity contribution in [3.8, 4) is 0 Å². The molecule has 0 atom stereocenters. The van der Waals surface area contributed by atoms with Crippen LogP contribution >= 0.6 is 12.2 Å². The van der Waals surface area contributed by atoms with Crippen LogP contribution in [-0.2, 0) is 14.8 Å². The van der Waals surface area contributed by atoms with Crippen molar-refractivity contribution in [2.24, 2.45) is 5.73 Å². The first-order chi connectivity index (χ1) is 7.33. The zero-order valence-electron chi connectivity index (χ0n) is 9.05. The molecular formula is C8H15N3O3S2. The van der Waals surface area contributed by atoms with Crippen LogP contribution in [0.2, 0.25) is 0 Å². The summed E-state index contributed by atoms with van der Waals surface area (Å²) in [4.78, 5) is 12.6. The molecule has 1 aliphatic heterocycles. The number of nitrogens with zero attached hydrogens (tertiary/aromatic N) is 2. The number of sulfonamides is 1. The second-order valence-electron chi connectivity index (χ2n) is 3.63. The minimum atomic E-state index is -3.40. The van der Waals surface area contributed by atoms with E-state index in [1.807, 2.05) is 0 Å². The van der Waals surface area contributed by atoms with Crippen LogP contribution in [0.3, 0.4) is 0 Å². The van der Waals surface area contributed by atoms with E-state index < -0.39 is 10.0 Å². The maximum Gasteiger partial charge on any atom is 0.220 e. The summed E-state index contributed by atoms with van der Waals surface area (Å²) in [7, 11) is -3.40. The monoisotopic (exact) mass is 265 g/mol. The minimum absolute atomic E-state index is 0.0333. The maximum atomic E-state index is 11.7. The fraction of sp³-hybridized carbons (Fsp3) is 0.750. The van der Waals surface area contributed by atoms with Crippen LogP contribution in [0.5, 0.6) is 0 Å². The number of rotatable bonds is 3. The quantitative estimate of drug-likeness (QED) is 0.646. The minimum Gasteiger partial charge on any atom is -0.392 e. The fourth-order valence-electron chi connectivity index (χ4n) is 1.55. The van der Waals surface area contributed by atoms with Crippen molar-refractivity contribution in [1.29, 1.82) is 0 Å². The molecule has 2 N–H and O–H groups in total. The van der Waals surface area contributed by atoms with Crippen molar-refractivity contribution in [1.82, 2.24) is 9.21 Å². The van der Waals surface area contributed by atoms with Gasteiger partial charge >= 0.3 is 0 Å². The van der Waals surface area contributed by atoms with Gasteiger partial charge in [-0.1, -0.05) is 12.2 Å². The van der Waals surface area contributed by atoms with Gasteiger partial charge in [-0.05, 0) is 0 Å². The van der Waals surface area contributed by atoms with Crippen molar-refractivity contribution in [2.75, 3.05) is 31.9 Å². The Morgan fingerprint density at radius 3 is 2.19 bits per heavy atom. The lowest BCUT2D eigenvalue weighted by Crippen LogP contribution is -2.51. The summed E-state index contributed by atoms with van der Waals surface area (Å²) in [5, 5.41) is 0. The van der Waals surface area contributed by atoms with E-state index in [0.717, 1.165) is 0 Å². The third-order valence-electron chi connectivity index (χ3n) is 2.40. The molecule has 0 spiro atoms. The van der Waals surface area contributed by atoms with Crippen molar-refractivity contribution < 1.29 is 13.2 Å².